The lowest BCUT2D eigenvalue weighted by molar-refractivity contribution is 0.520. The van der Waals surface area contributed by atoms with Gasteiger partial charge in [-0.25, -0.2) is 0 Å². The van der Waals surface area contributed by atoms with Crippen molar-refractivity contribution >= 4 is 6.34 Å². The normalized spacial score (nSPS) is 20.8. The van der Waals surface area contributed by atoms with Crippen molar-refractivity contribution in [2.75, 3.05) is 20.1 Å². The van der Waals surface area contributed by atoms with Crippen molar-refractivity contribution in [3.63, 3.8) is 0 Å². The summed E-state index contributed by atoms with van der Waals surface area (Å²) in [5.41, 5.74) is 1.48. The van der Waals surface area contributed by atoms with Crippen LogP contribution in [0.1, 0.15) is 26.2 Å². The van der Waals surface area contributed by atoms with E-state index in [1.165, 1.54) is 24.8 Å². The fourth-order valence-electron chi connectivity index (χ4n) is 2.32. The van der Waals surface area contributed by atoms with Crippen molar-refractivity contribution < 1.29 is 0 Å². The van der Waals surface area contributed by atoms with Gasteiger partial charge in [0.1, 0.15) is 0 Å². The second-order valence-corrected chi connectivity index (χ2v) is 4.61. The summed E-state index contributed by atoms with van der Waals surface area (Å²) < 4.78 is 0. The van der Waals surface area contributed by atoms with E-state index in [2.05, 4.69) is 35.8 Å². The average molecular weight is 235 g/mol. The maximum atomic E-state index is 7.00. The number of rotatable bonds is 8. The molecule has 3 nitrogen and oxygen atoms in total. The Hall–Kier alpha value is -1.09. The van der Waals surface area contributed by atoms with Gasteiger partial charge in [-0.1, -0.05) is 25.2 Å². The minimum Gasteiger partial charge on any atom is -0.376 e. The van der Waals surface area contributed by atoms with Crippen LogP contribution < -0.4 is 10.6 Å². The quantitative estimate of drug-likeness (QED) is 0.447. The van der Waals surface area contributed by atoms with Crippen LogP contribution in [0.4, 0.5) is 0 Å². The predicted molar refractivity (Wildman–Crippen MR) is 74.4 cm³/mol. The Kier molecular flexibility index (Phi) is 6.63. The first-order chi connectivity index (χ1) is 8.31. The van der Waals surface area contributed by atoms with E-state index in [-0.39, 0.29) is 0 Å². The topological polar surface area (TPSA) is 47.9 Å². The molecule has 0 amide bonds. The molecular formula is C14H25N3. The van der Waals surface area contributed by atoms with E-state index in [4.69, 9.17) is 5.41 Å². The molecule has 0 saturated heterocycles. The third-order valence-corrected chi connectivity index (χ3v) is 3.37. The van der Waals surface area contributed by atoms with Gasteiger partial charge < -0.3 is 10.6 Å². The highest BCUT2D eigenvalue weighted by Gasteiger charge is 2.15. The largest absolute Gasteiger partial charge is 0.376 e. The first-order valence-corrected chi connectivity index (χ1v) is 6.57. The number of hydrogen-bond acceptors (Lipinski definition) is 2. The number of nitrogens with one attached hydrogen (secondary N) is 3. The zero-order valence-electron chi connectivity index (χ0n) is 11.0. The Balaban J connectivity index is 2.56. The molecule has 0 saturated carbocycles. The fraction of sp³-hybridized carbons (Fsp3) is 0.643. The summed E-state index contributed by atoms with van der Waals surface area (Å²) in [5.74, 6) is 1.21. The van der Waals surface area contributed by atoms with Crippen molar-refractivity contribution in [3.05, 3.63) is 23.8 Å². The highest BCUT2D eigenvalue weighted by Crippen LogP contribution is 2.26. The lowest BCUT2D eigenvalue weighted by atomic mass is 9.86. The molecule has 0 spiro atoms. The molecule has 1 rings (SSSR count). The molecule has 0 aromatic carbocycles. The first kappa shape index (κ1) is 14.0. The van der Waals surface area contributed by atoms with Crippen molar-refractivity contribution in [3.8, 4) is 0 Å². The molecule has 0 bridgehead atoms. The van der Waals surface area contributed by atoms with Crippen LogP contribution in [0.25, 0.3) is 0 Å². The summed E-state index contributed by atoms with van der Waals surface area (Å²) in [6, 6.07) is 0. The van der Waals surface area contributed by atoms with Crippen LogP contribution in [0.5, 0.6) is 0 Å². The third kappa shape index (κ3) is 4.73. The summed E-state index contributed by atoms with van der Waals surface area (Å²) in [7, 11) is 2.01. The molecule has 0 radical (unpaired) electrons. The highest BCUT2D eigenvalue weighted by molar-refractivity contribution is 5.49. The standard InChI is InChI=1S/C14H25N3/c1-3-13(7-8-16-2)14-6-4-5-12(9-14)10-17-11-15/h4,6,9,11-13,16H,3,5,7-8,10H2,1-2H3,(H2,15,17)/t12-,13-/m1/s1. The molecule has 0 unspecified atom stereocenters. The Morgan fingerprint density at radius 1 is 1.59 bits per heavy atom. The van der Waals surface area contributed by atoms with Gasteiger partial charge in [0.15, 0.2) is 0 Å². The van der Waals surface area contributed by atoms with Crippen LogP contribution >= 0.6 is 0 Å². The third-order valence-electron chi connectivity index (χ3n) is 3.37. The molecule has 96 valence electrons. The zero-order valence-corrected chi connectivity index (χ0v) is 11.0. The number of hydrogen-bond donors (Lipinski definition) is 3. The summed E-state index contributed by atoms with van der Waals surface area (Å²) in [4.78, 5) is 0. The molecule has 1 aliphatic carbocycles. The monoisotopic (exact) mass is 235 g/mol. The average Bonchev–Trinajstić information content (AvgIpc) is 2.38. The van der Waals surface area contributed by atoms with Crippen molar-refractivity contribution in [1.29, 1.82) is 5.41 Å². The Morgan fingerprint density at radius 3 is 3.06 bits per heavy atom. The van der Waals surface area contributed by atoms with E-state index in [9.17, 15) is 0 Å². The Morgan fingerprint density at radius 2 is 2.41 bits per heavy atom. The predicted octanol–water partition coefficient (Wildman–Crippen LogP) is 2.32. The molecular weight excluding hydrogens is 210 g/mol. The van der Waals surface area contributed by atoms with Gasteiger partial charge in [-0.3, -0.25) is 5.41 Å². The minimum absolute atomic E-state index is 0.542. The van der Waals surface area contributed by atoms with Gasteiger partial charge in [-0.15, -0.1) is 0 Å². The first-order valence-electron chi connectivity index (χ1n) is 6.57. The molecule has 3 heteroatoms. The molecule has 17 heavy (non-hydrogen) atoms. The zero-order chi connectivity index (χ0) is 12.5. The summed E-state index contributed by atoms with van der Waals surface area (Å²) >= 11 is 0. The van der Waals surface area contributed by atoms with Crippen molar-refractivity contribution in [2.24, 2.45) is 11.8 Å². The van der Waals surface area contributed by atoms with Crippen LogP contribution in [0, 0.1) is 17.2 Å². The fourth-order valence-corrected chi connectivity index (χ4v) is 2.32. The van der Waals surface area contributed by atoms with Gasteiger partial charge in [0, 0.05) is 6.54 Å². The molecule has 0 aliphatic heterocycles. The van der Waals surface area contributed by atoms with Crippen molar-refractivity contribution in [1.82, 2.24) is 10.6 Å². The van der Waals surface area contributed by atoms with Gasteiger partial charge in [-0.05, 0) is 50.3 Å². The summed E-state index contributed by atoms with van der Waals surface area (Å²) in [5, 5.41) is 13.2. The van der Waals surface area contributed by atoms with Gasteiger partial charge in [-0.2, -0.15) is 0 Å². The second kappa shape index (κ2) is 8.07. The van der Waals surface area contributed by atoms with Crippen LogP contribution in [-0.4, -0.2) is 26.5 Å². The number of allylic oxidation sites excluding steroid dienone is 3. The van der Waals surface area contributed by atoms with E-state index in [0.29, 0.717) is 11.8 Å². The lowest BCUT2D eigenvalue weighted by Gasteiger charge is -2.22. The van der Waals surface area contributed by atoms with Crippen LogP contribution in [0.15, 0.2) is 23.8 Å². The molecule has 2 atom stereocenters. The lowest BCUT2D eigenvalue weighted by Crippen LogP contribution is -2.22. The van der Waals surface area contributed by atoms with Crippen LogP contribution in [0.3, 0.4) is 0 Å². The summed E-state index contributed by atoms with van der Waals surface area (Å²) in [6.07, 6.45) is 11.7. The van der Waals surface area contributed by atoms with E-state index in [1.807, 2.05) is 7.05 Å². The van der Waals surface area contributed by atoms with Gasteiger partial charge in [0.25, 0.3) is 0 Å². The van der Waals surface area contributed by atoms with E-state index >= 15 is 0 Å². The maximum Gasteiger partial charge on any atom is 0.0791 e. The van der Waals surface area contributed by atoms with E-state index in [1.54, 1.807) is 0 Å². The molecule has 0 heterocycles. The van der Waals surface area contributed by atoms with Gasteiger partial charge in [0.05, 0.1) is 6.34 Å². The smallest absolute Gasteiger partial charge is 0.0791 e. The second-order valence-electron chi connectivity index (χ2n) is 4.61. The van der Waals surface area contributed by atoms with E-state index < -0.39 is 0 Å². The SMILES string of the molecule is CC[C@H](CCNC)C1=C[C@H](CNC=N)CC=C1. The van der Waals surface area contributed by atoms with Crippen molar-refractivity contribution in [2.45, 2.75) is 26.2 Å². The molecule has 0 aromatic rings. The molecule has 0 aromatic heterocycles. The van der Waals surface area contributed by atoms with Crippen LogP contribution in [-0.2, 0) is 0 Å². The maximum absolute atomic E-state index is 7.00. The summed E-state index contributed by atoms with van der Waals surface area (Å²) in [6.45, 7) is 4.21. The Bertz CT molecular complexity index is 281. The molecule has 1 aliphatic rings. The minimum atomic E-state index is 0.542. The van der Waals surface area contributed by atoms with Crippen LogP contribution in [0.2, 0.25) is 0 Å². The van der Waals surface area contributed by atoms with E-state index in [0.717, 1.165) is 19.5 Å². The van der Waals surface area contributed by atoms with Gasteiger partial charge >= 0.3 is 0 Å². The Labute approximate surface area is 105 Å². The highest BCUT2D eigenvalue weighted by atomic mass is 14.9. The molecule has 0 fully saturated rings. The molecule has 3 N–H and O–H groups in total. The van der Waals surface area contributed by atoms with Gasteiger partial charge in [0.2, 0.25) is 0 Å².